The average molecular weight is 403 g/mol. The second kappa shape index (κ2) is 7.42. The van der Waals surface area contributed by atoms with Gasteiger partial charge in [-0.1, -0.05) is 11.8 Å². The molecule has 2 aromatic rings. The van der Waals surface area contributed by atoms with Crippen LogP contribution in [0, 0.1) is 10.1 Å². The van der Waals surface area contributed by atoms with Crippen molar-refractivity contribution in [2.24, 2.45) is 0 Å². The number of nitrogens with zero attached hydrogens (tertiary/aromatic N) is 4. The first kappa shape index (κ1) is 18.7. The zero-order chi connectivity index (χ0) is 19.8. The molecule has 1 aromatic heterocycles. The van der Waals surface area contributed by atoms with Gasteiger partial charge in [-0.2, -0.15) is 0 Å². The van der Waals surface area contributed by atoms with Crippen LogP contribution in [0.25, 0.3) is 0 Å². The van der Waals surface area contributed by atoms with Crippen LogP contribution in [0.1, 0.15) is 50.4 Å². The molecule has 0 unspecified atom stereocenters. The van der Waals surface area contributed by atoms with Crippen molar-refractivity contribution in [2.75, 3.05) is 12.4 Å². The lowest BCUT2D eigenvalue weighted by molar-refractivity contribution is -0.384. The van der Waals surface area contributed by atoms with Crippen molar-refractivity contribution in [1.29, 1.82) is 0 Å². The highest BCUT2D eigenvalue weighted by molar-refractivity contribution is 8.00. The Morgan fingerprint density at radius 3 is 2.71 bits per heavy atom. The summed E-state index contributed by atoms with van der Waals surface area (Å²) in [5, 5.41) is 22.7. The first-order valence-corrected chi connectivity index (χ1v) is 10.1. The Bertz CT molecular complexity index is 923. The van der Waals surface area contributed by atoms with E-state index in [9.17, 15) is 14.9 Å². The van der Waals surface area contributed by atoms with Crippen LogP contribution in [-0.2, 0) is 4.79 Å². The van der Waals surface area contributed by atoms with Gasteiger partial charge in [-0.3, -0.25) is 14.9 Å². The minimum Gasteiger partial charge on any atom is -0.495 e. The number of methoxy groups -OCH3 is 1. The van der Waals surface area contributed by atoms with E-state index in [4.69, 9.17) is 4.74 Å². The number of benzene rings is 1. The summed E-state index contributed by atoms with van der Waals surface area (Å²) in [4.78, 5) is 23.2. The van der Waals surface area contributed by atoms with Crippen LogP contribution in [-0.4, -0.2) is 38.0 Å². The molecule has 0 radical (unpaired) electrons. The van der Waals surface area contributed by atoms with Crippen LogP contribution in [0.4, 0.5) is 11.4 Å². The topological polar surface area (TPSA) is 112 Å². The van der Waals surface area contributed by atoms with Gasteiger partial charge in [0.2, 0.25) is 5.91 Å². The predicted molar refractivity (Wildman–Crippen MR) is 104 cm³/mol. The standard InChI is InChI=1S/C18H21N5O4S/c1-10(17(24)19-14-9-13(23(25)26)7-8-15(14)27-2)28-18-21-20-16(11-3-4-11)22(18)12-5-6-12/h7-12H,3-6H2,1-2H3,(H,19,24)/t10-/m0/s1. The highest BCUT2D eigenvalue weighted by Crippen LogP contribution is 2.46. The van der Waals surface area contributed by atoms with Gasteiger partial charge in [0.15, 0.2) is 5.16 Å². The van der Waals surface area contributed by atoms with E-state index >= 15 is 0 Å². The Balaban J connectivity index is 1.49. The number of carbonyl (C=O) groups is 1. The highest BCUT2D eigenvalue weighted by Gasteiger charge is 2.37. The Kier molecular flexibility index (Phi) is 4.96. The molecule has 1 aromatic carbocycles. The van der Waals surface area contributed by atoms with Crippen LogP contribution in [0.2, 0.25) is 0 Å². The summed E-state index contributed by atoms with van der Waals surface area (Å²) in [6, 6.07) is 4.55. The molecule has 1 heterocycles. The number of non-ortho nitro benzene ring substituents is 1. The Morgan fingerprint density at radius 1 is 1.36 bits per heavy atom. The van der Waals surface area contributed by atoms with Crippen molar-refractivity contribution in [2.45, 2.75) is 55.0 Å². The number of rotatable bonds is 8. The van der Waals surface area contributed by atoms with E-state index in [2.05, 4.69) is 20.1 Å². The minimum atomic E-state index is -0.509. The molecule has 0 saturated heterocycles. The molecule has 9 nitrogen and oxygen atoms in total. The molecular weight excluding hydrogens is 382 g/mol. The molecule has 0 bridgehead atoms. The van der Waals surface area contributed by atoms with Gasteiger partial charge in [-0.25, -0.2) is 0 Å². The molecular formula is C18H21N5O4S. The largest absolute Gasteiger partial charge is 0.495 e. The number of aromatic nitrogens is 3. The summed E-state index contributed by atoms with van der Waals surface area (Å²) in [6.45, 7) is 1.78. The number of hydrogen-bond acceptors (Lipinski definition) is 7. The zero-order valence-corrected chi connectivity index (χ0v) is 16.4. The first-order chi connectivity index (χ1) is 13.5. The number of thioether (sulfide) groups is 1. The lowest BCUT2D eigenvalue weighted by Crippen LogP contribution is -2.23. The number of carbonyl (C=O) groups excluding carboxylic acids is 1. The van der Waals surface area contributed by atoms with Crippen LogP contribution >= 0.6 is 11.8 Å². The van der Waals surface area contributed by atoms with Crippen molar-refractivity contribution < 1.29 is 14.5 Å². The maximum Gasteiger partial charge on any atom is 0.271 e. The fourth-order valence-electron chi connectivity index (χ4n) is 3.02. The van der Waals surface area contributed by atoms with Crippen molar-refractivity contribution >= 4 is 29.0 Å². The first-order valence-electron chi connectivity index (χ1n) is 9.22. The maximum absolute atomic E-state index is 12.7. The smallest absolute Gasteiger partial charge is 0.271 e. The van der Waals surface area contributed by atoms with Crippen LogP contribution in [0.5, 0.6) is 5.75 Å². The normalized spacial score (nSPS) is 17.2. The number of hydrogen-bond donors (Lipinski definition) is 1. The van der Waals surface area contributed by atoms with Crippen LogP contribution in [0.15, 0.2) is 23.4 Å². The van der Waals surface area contributed by atoms with Crippen molar-refractivity contribution in [3.63, 3.8) is 0 Å². The second-order valence-corrected chi connectivity index (χ2v) is 8.42. The SMILES string of the molecule is COc1ccc([N+](=O)[O-])cc1NC(=O)[C@H](C)Sc1nnc(C2CC2)n1C1CC1. The van der Waals surface area contributed by atoms with E-state index in [1.807, 2.05) is 0 Å². The van der Waals surface area contributed by atoms with Crippen LogP contribution in [0.3, 0.4) is 0 Å². The van der Waals surface area contributed by atoms with E-state index in [1.54, 1.807) is 6.92 Å². The van der Waals surface area contributed by atoms with Gasteiger partial charge in [0.25, 0.3) is 5.69 Å². The highest BCUT2D eigenvalue weighted by atomic mass is 32.2. The van der Waals surface area contributed by atoms with Crippen molar-refractivity contribution in [3.8, 4) is 5.75 Å². The lowest BCUT2D eigenvalue weighted by atomic mass is 10.2. The van der Waals surface area contributed by atoms with Crippen molar-refractivity contribution in [3.05, 3.63) is 34.1 Å². The van der Waals surface area contributed by atoms with Gasteiger partial charge >= 0.3 is 0 Å². The van der Waals surface area contributed by atoms with E-state index in [0.29, 0.717) is 17.7 Å². The van der Waals surface area contributed by atoms with E-state index in [1.165, 1.54) is 37.1 Å². The summed E-state index contributed by atoms with van der Waals surface area (Å²) in [7, 11) is 1.45. The molecule has 28 heavy (non-hydrogen) atoms. The number of amides is 1. The monoisotopic (exact) mass is 403 g/mol. The third-order valence-corrected chi connectivity index (χ3v) is 5.91. The Labute approximate surface area is 166 Å². The number of ether oxygens (including phenoxy) is 1. The number of nitro benzene ring substituents is 1. The fourth-order valence-corrected chi connectivity index (χ4v) is 3.94. The molecule has 10 heteroatoms. The molecule has 2 aliphatic carbocycles. The Morgan fingerprint density at radius 2 is 2.11 bits per heavy atom. The molecule has 2 fully saturated rings. The molecule has 1 N–H and O–H groups in total. The van der Waals surface area contributed by atoms with Gasteiger partial charge in [0, 0.05) is 24.1 Å². The number of anilines is 1. The van der Waals surface area contributed by atoms with Gasteiger partial charge in [0.1, 0.15) is 11.6 Å². The number of nitro groups is 1. The van der Waals surface area contributed by atoms with Gasteiger partial charge in [0.05, 0.1) is 23.0 Å². The van der Waals surface area contributed by atoms with E-state index in [0.717, 1.165) is 36.7 Å². The average Bonchev–Trinajstić information content (AvgIpc) is 3.60. The third-order valence-electron chi connectivity index (χ3n) is 4.85. The molecule has 0 aliphatic heterocycles. The molecule has 148 valence electrons. The van der Waals surface area contributed by atoms with Crippen LogP contribution < -0.4 is 10.1 Å². The lowest BCUT2D eigenvalue weighted by Gasteiger charge is -2.14. The van der Waals surface area contributed by atoms with Gasteiger partial charge in [-0.15, -0.1) is 10.2 Å². The molecule has 1 amide bonds. The van der Waals surface area contributed by atoms with Gasteiger partial charge in [-0.05, 0) is 38.7 Å². The quantitative estimate of drug-likeness (QED) is 0.407. The third kappa shape index (κ3) is 3.82. The molecule has 2 saturated carbocycles. The molecule has 4 rings (SSSR count). The molecule has 1 atom stereocenters. The summed E-state index contributed by atoms with van der Waals surface area (Å²) >= 11 is 1.36. The Hall–Kier alpha value is -2.62. The molecule has 2 aliphatic rings. The summed E-state index contributed by atoms with van der Waals surface area (Å²) in [5.74, 6) is 1.63. The van der Waals surface area contributed by atoms with Gasteiger partial charge < -0.3 is 14.6 Å². The second-order valence-electron chi connectivity index (χ2n) is 7.11. The zero-order valence-electron chi connectivity index (χ0n) is 15.6. The van der Waals surface area contributed by atoms with E-state index in [-0.39, 0.29) is 17.3 Å². The fraction of sp³-hybridized carbons (Fsp3) is 0.500. The minimum absolute atomic E-state index is 0.112. The van der Waals surface area contributed by atoms with Crippen molar-refractivity contribution in [1.82, 2.24) is 14.8 Å². The maximum atomic E-state index is 12.7. The predicted octanol–water partition coefficient (Wildman–Crippen LogP) is 3.53. The molecule has 0 spiro atoms. The summed E-state index contributed by atoms with van der Waals surface area (Å²) in [6.07, 6.45) is 4.55. The summed E-state index contributed by atoms with van der Waals surface area (Å²) < 4.78 is 7.40. The van der Waals surface area contributed by atoms with E-state index < -0.39 is 10.2 Å². The summed E-state index contributed by atoms with van der Waals surface area (Å²) in [5.41, 5.74) is 0.162. The number of nitrogens with one attached hydrogen (secondary N) is 1.